The van der Waals surface area contributed by atoms with Crippen molar-refractivity contribution in [1.29, 1.82) is 0 Å². The molecular formula is C39H32N2. The zero-order valence-electron chi connectivity index (χ0n) is 23.2. The second-order valence-corrected chi connectivity index (χ2v) is 10.9. The number of anilines is 1. The molecule has 0 spiro atoms. The normalized spacial score (nSPS) is 17.7. The van der Waals surface area contributed by atoms with E-state index in [1.165, 1.54) is 33.4 Å². The number of nitrogens with one attached hydrogen (secondary N) is 1. The molecule has 41 heavy (non-hydrogen) atoms. The summed E-state index contributed by atoms with van der Waals surface area (Å²) in [5.74, 6) is 0.354. The first kappa shape index (κ1) is 25.0. The monoisotopic (exact) mass is 528 g/mol. The summed E-state index contributed by atoms with van der Waals surface area (Å²) < 4.78 is 0. The molecule has 2 heteroatoms. The Kier molecular flexibility index (Phi) is 6.45. The van der Waals surface area contributed by atoms with Gasteiger partial charge in [-0.25, -0.2) is 0 Å². The van der Waals surface area contributed by atoms with Crippen LogP contribution in [0.5, 0.6) is 0 Å². The fourth-order valence-electron chi connectivity index (χ4n) is 6.44. The van der Waals surface area contributed by atoms with E-state index in [1.54, 1.807) is 0 Å². The minimum atomic E-state index is -0.381. The highest BCUT2D eigenvalue weighted by molar-refractivity contribution is 6.09. The van der Waals surface area contributed by atoms with Gasteiger partial charge in [-0.2, -0.15) is 0 Å². The maximum Gasteiger partial charge on any atom is 0.0713 e. The molecule has 0 amide bonds. The van der Waals surface area contributed by atoms with E-state index in [9.17, 15) is 0 Å². The predicted octanol–water partition coefficient (Wildman–Crippen LogP) is 9.39. The number of allylic oxidation sites excluding steroid dienone is 3. The molecule has 1 unspecified atom stereocenters. The molecule has 198 valence electrons. The van der Waals surface area contributed by atoms with Crippen molar-refractivity contribution in [1.82, 2.24) is 0 Å². The Morgan fingerprint density at radius 1 is 0.634 bits per heavy atom. The first-order chi connectivity index (χ1) is 20.2. The Morgan fingerprint density at radius 2 is 1.20 bits per heavy atom. The summed E-state index contributed by atoms with van der Waals surface area (Å²) in [5.41, 5.74) is 11.7. The zero-order chi connectivity index (χ0) is 27.6. The molecule has 1 aliphatic carbocycles. The molecule has 0 saturated heterocycles. The van der Waals surface area contributed by atoms with Crippen molar-refractivity contribution in [3.05, 3.63) is 185 Å². The standard InChI is InChI=1S/C39H32N2/c1-28-13-12-22-37(40-27-38(28)41-32-16-6-3-7-17-32)29-23-25-31(26-24-29)39(30-14-4-2-5-15-30)35-20-10-8-18-33(35)34-19-9-11-21-36(34)39/h2-12,14-28,41H,13H2,1H3/b22-12+,38-27?,40-37?. The summed E-state index contributed by atoms with van der Waals surface area (Å²) in [7, 11) is 0. The van der Waals surface area contributed by atoms with Gasteiger partial charge in [-0.05, 0) is 58.0 Å². The van der Waals surface area contributed by atoms with E-state index in [2.05, 4.69) is 152 Å². The first-order valence-corrected chi connectivity index (χ1v) is 14.4. The topological polar surface area (TPSA) is 24.4 Å². The van der Waals surface area contributed by atoms with Crippen LogP contribution in [-0.2, 0) is 5.41 Å². The largest absolute Gasteiger partial charge is 0.357 e. The second kappa shape index (κ2) is 10.6. The molecule has 0 saturated carbocycles. The van der Waals surface area contributed by atoms with Crippen LogP contribution in [0.25, 0.3) is 11.1 Å². The molecule has 2 nitrogen and oxygen atoms in total. The van der Waals surface area contributed by atoms with E-state index in [0.717, 1.165) is 29.1 Å². The van der Waals surface area contributed by atoms with Gasteiger partial charge in [0.1, 0.15) is 0 Å². The number of hydrogen-bond donors (Lipinski definition) is 1. The predicted molar refractivity (Wildman–Crippen MR) is 171 cm³/mol. The van der Waals surface area contributed by atoms with E-state index < -0.39 is 0 Å². The first-order valence-electron chi connectivity index (χ1n) is 14.4. The molecule has 0 radical (unpaired) electrons. The van der Waals surface area contributed by atoms with Crippen LogP contribution >= 0.6 is 0 Å². The number of nitrogens with zero attached hydrogens (tertiary/aromatic N) is 1. The summed E-state index contributed by atoms with van der Waals surface area (Å²) in [6, 6.07) is 48.0. The lowest BCUT2D eigenvalue weighted by Crippen LogP contribution is -2.28. The molecule has 5 aromatic rings. The van der Waals surface area contributed by atoms with Crippen LogP contribution in [0.4, 0.5) is 5.69 Å². The highest BCUT2D eigenvalue weighted by atomic mass is 14.9. The Hall–Kier alpha value is -4.95. The average molecular weight is 529 g/mol. The van der Waals surface area contributed by atoms with Crippen LogP contribution in [0.1, 0.15) is 41.2 Å². The van der Waals surface area contributed by atoms with Gasteiger partial charge in [0.2, 0.25) is 0 Å². The minimum Gasteiger partial charge on any atom is -0.357 e. The summed E-state index contributed by atoms with van der Waals surface area (Å²) >= 11 is 0. The number of para-hydroxylation sites is 1. The van der Waals surface area contributed by atoms with Gasteiger partial charge < -0.3 is 5.32 Å². The van der Waals surface area contributed by atoms with Gasteiger partial charge in [-0.3, -0.25) is 4.99 Å². The van der Waals surface area contributed by atoms with Crippen molar-refractivity contribution < 1.29 is 0 Å². The van der Waals surface area contributed by atoms with Gasteiger partial charge in [0.05, 0.1) is 11.1 Å². The van der Waals surface area contributed by atoms with E-state index in [0.29, 0.717) is 5.92 Å². The molecular weight excluding hydrogens is 496 g/mol. The number of aliphatic imine (C=N–C) groups is 1. The lowest BCUT2D eigenvalue weighted by molar-refractivity contribution is 0.696. The highest BCUT2D eigenvalue weighted by Crippen LogP contribution is 2.55. The van der Waals surface area contributed by atoms with Crippen molar-refractivity contribution in [2.75, 3.05) is 5.32 Å². The molecule has 7 rings (SSSR count). The molecule has 0 fully saturated rings. The summed E-state index contributed by atoms with van der Waals surface area (Å²) in [6.45, 7) is 2.24. The van der Waals surface area contributed by atoms with Crippen LogP contribution < -0.4 is 5.32 Å². The van der Waals surface area contributed by atoms with Crippen LogP contribution in [0.2, 0.25) is 0 Å². The summed E-state index contributed by atoms with van der Waals surface area (Å²) in [6.07, 6.45) is 7.35. The van der Waals surface area contributed by atoms with Crippen LogP contribution in [0.15, 0.2) is 163 Å². The Bertz CT molecular complexity index is 1730. The Balaban J connectivity index is 1.32. The van der Waals surface area contributed by atoms with Crippen molar-refractivity contribution in [3.8, 4) is 11.1 Å². The lowest BCUT2D eigenvalue weighted by atomic mass is 9.67. The highest BCUT2D eigenvalue weighted by Gasteiger charge is 2.45. The molecule has 1 heterocycles. The van der Waals surface area contributed by atoms with Crippen LogP contribution in [0, 0.1) is 5.92 Å². The van der Waals surface area contributed by atoms with E-state index in [4.69, 9.17) is 4.99 Å². The molecule has 5 aromatic carbocycles. The third kappa shape index (κ3) is 4.33. The number of hydrogen-bond acceptors (Lipinski definition) is 2. The molecule has 1 N–H and O–H groups in total. The van der Waals surface area contributed by atoms with Gasteiger partial charge >= 0.3 is 0 Å². The molecule has 1 aliphatic heterocycles. The third-order valence-electron chi connectivity index (χ3n) is 8.47. The zero-order valence-corrected chi connectivity index (χ0v) is 23.2. The number of fused-ring (bicyclic) bond motifs is 3. The fourth-order valence-corrected chi connectivity index (χ4v) is 6.44. The SMILES string of the molecule is CC1C/C=C/C(c2ccc(C3(c4ccccc4)c4ccccc4-c4ccccc43)cc2)=NC=C1Nc1ccccc1. The number of benzene rings is 5. The molecule has 0 bridgehead atoms. The summed E-state index contributed by atoms with van der Waals surface area (Å²) in [4.78, 5) is 4.96. The molecule has 1 atom stereocenters. The van der Waals surface area contributed by atoms with Gasteiger partial charge in [0.25, 0.3) is 0 Å². The maximum atomic E-state index is 4.96. The molecule has 0 aromatic heterocycles. The van der Waals surface area contributed by atoms with Gasteiger partial charge in [0.15, 0.2) is 0 Å². The Labute approximate surface area is 242 Å². The van der Waals surface area contributed by atoms with Gasteiger partial charge in [-0.1, -0.05) is 134 Å². The number of rotatable bonds is 5. The van der Waals surface area contributed by atoms with Crippen molar-refractivity contribution in [3.63, 3.8) is 0 Å². The van der Waals surface area contributed by atoms with Crippen molar-refractivity contribution >= 4 is 11.4 Å². The fraction of sp³-hybridized carbons (Fsp3) is 0.103. The van der Waals surface area contributed by atoms with Gasteiger partial charge in [-0.15, -0.1) is 0 Å². The van der Waals surface area contributed by atoms with Crippen molar-refractivity contribution in [2.45, 2.75) is 18.8 Å². The third-order valence-corrected chi connectivity index (χ3v) is 8.47. The minimum absolute atomic E-state index is 0.354. The van der Waals surface area contributed by atoms with Gasteiger partial charge in [0, 0.05) is 29.1 Å². The quantitative estimate of drug-likeness (QED) is 0.237. The van der Waals surface area contributed by atoms with E-state index in [1.807, 2.05) is 12.3 Å². The lowest BCUT2D eigenvalue weighted by Gasteiger charge is -2.34. The van der Waals surface area contributed by atoms with Crippen LogP contribution in [0.3, 0.4) is 0 Å². The molecule has 2 aliphatic rings. The van der Waals surface area contributed by atoms with E-state index >= 15 is 0 Å². The average Bonchev–Trinajstić information content (AvgIpc) is 3.33. The smallest absolute Gasteiger partial charge is 0.0713 e. The van der Waals surface area contributed by atoms with Crippen molar-refractivity contribution in [2.24, 2.45) is 10.9 Å². The van der Waals surface area contributed by atoms with Crippen LogP contribution in [-0.4, -0.2) is 5.71 Å². The van der Waals surface area contributed by atoms with E-state index in [-0.39, 0.29) is 5.41 Å². The Morgan fingerprint density at radius 3 is 1.85 bits per heavy atom. The second-order valence-electron chi connectivity index (χ2n) is 10.9. The summed E-state index contributed by atoms with van der Waals surface area (Å²) in [5, 5.41) is 3.58. The maximum absolute atomic E-state index is 4.96.